The van der Waals surface area contributed by atoms with E-state index >= 15 is 0 Å². The van der Waals surface area contributed by atoms with E-state index in [-0.39, 0.29) is 11.2 Å². The summed E-state index contributed by atoms with van der Waals surface area (Å²) in [6.07, 6.45) is 7.19. The van der Waals surface area contributed by atoms with Crippen molar-refractivity contribution in [3.05, 3.63) is 34.1 Å². The minimum atomic E-state index is -0.312. The molecular weight excluding hydrogens is 231 g/mol. The van der Waals surface area contributed by atoms with Gasteiger partial charge in [0.15, 0.2) is 0 Å². The van der Waals surface area contributed by atoms with Crippen molar-refractivity contribution < 1.29 is 4.39 Å². The maximum atomic E-state index is 13.4. The van der Waals surface area contributed by atoms with Crippen LogP contribution in [-0.4, -0.2) is 0 Å². The van der Waals surface area contributed by atoms with Crippen LogP contribution >= 0.6 is 15.9 Å². The number of hydrogen-bond donors (Lipinski definition) is 0. The second kappa shape index (κ2) is 2.85. The Morgan fingerprint density at radius 2 is 2.15 bits per heavy atom. The monoisotopic (exact) mass is 238 g/mol. The maximum Gasteiger partial charge on any atom is 0.128 e. The van der Waals surface area contributed by atoms with Crippen LogP contribution in [0, 0.1) is 18.2 Å². The average molecular weight is 239 g/mol. The first-order valence-corrected chi connectivity index (χ1v) is 4.90. The predicted molar refractivity (Wildman–Crippen MR) is 53.8 cm³/mol. The number of halogens is 2. The van der Waals surface area contributed by atoms with Crippen LogP contribution in [-0.2, 0) is 5.41 Å². The molecule has 0 atom stereocenters. The smallest absolute Gasteiger partial charge is 0.128 e. The number of hydrogen-bond acceptors (Lipinski definition) is 0. The topological polar surface area (TPSA) is 0 Å². The summed E-state index contributed by atoms with van der Waals surface area (Å²) in [5.41, 5.74) is 0.345. The van der Waals surface area contributed by atoms with E-state index in [0.29, 0.717) is 5.56 Å². The highest BCUT2D eigenvalue weighted by Gasteiger charge is 2.44. The Balaban J connectivity index is 2.52. The van der Waals surface area contributed by atoms with Gasteiger partial charge in [-0.05, 0) is 31.0 Å². The zero-order valence-corrected chi connectivity index (χ0v) is 8.57. The van der Waals surface area contributed by atoms with Crippen molar-refractivity contribution in [2.24, 2.45) is 0 Å². The van der Waals surface area contributed by atoms with Crippen molar-refractivity contribution >= 4 is 15.9 Å². The number of terminal acetylenes is 1. The van der Waals surface area contributed by atoms with Crippen molar-refractivity contribution in [2.45, 2.75) is 18.3 Å². The van der Waals surface area contributed by atoms with E-state index in [1.807, 2.05) is 0 Å². The van der Waals surface area contributed by atoms with Crippen LogP contribution in [0.5, 0.6) is 0 Å². The van der Waals surface area contributed by atoms with Crippen LogP contribution in [0.3, 0.4) is 0 Å². The van der Waals surface area contributed by atoms with Gasteiger partial charge in [-0.15, -0.1) is 6.42 Å². The van der Waals surface area contributed by atoms with Crippen LogP contribution in [0.15, 0.2) is 22.7 Å². The van der Waals surface area contributed by atoms with Gasteiger partial charge in [0, 0.05) is 10.0 Å². The average Bonchev–Trinajstić information content (AvgIpc) is 2.90. The first-order chi connectivity index (χ1) is 6.18. The first-order valence-electron chi connectivity index (χ1n) is 4.11. The minimum absolute atomic E-state index is 0.196. The molecule has 2 heteroatoms. The Kier molecular flexibility index (Phi) is 1.92. The Morgan fingerprint density at radius 3 is 2.69 bits per heavy atom. The molecule has 1 aromatic carbocycles. The summed E-state index contributed by atoms with van der Waals surface area (Å²) >= 11 is 3.31. The third-order valence-electron chi connectivity index (χ3n) is 2.47. The van der Waals surface area contributed by atoms with Crippen molar-refractivity contribution in [1.29, 1.82) is 0 Å². The molecule has 1 fully saturated rings. The van der Waals surface area contributed by atoms with Gasteiger partial charge in [0.05, 0.1) is 5.41 Å². The summed E-state index contributed by atoms with van der Waals surface area (Å²) in [6, 6.07) is 4.92. The molecule has 0 radical (unpaired) electrons. The van der Waals surface area contributed by atoms with Crippen molar-refractivity contribution in [1.82, 2.24) is 0 Å². The van der Waals surface area contributed by atoms with Gasteiger partial charge < -0.3 is 0 Å². The molecule has 1 saturated carbocycles. The first kappa shape index (κ1) is 8.77. The minimum Gasteiger partial charge on any atom is -0.207 e. The zero-order chi connectivity index (χ0) is 9.47. The summed E-state index contributed by atoms with van der Waals surface area (Å²) in [6.45, 7) is 0. The molecule has 13 heavy (non-hydrogen) atoms. The summed E-state index contributed by atoms with van der Waals surface area (Å²) in [7, 11) is 0. The Hall–Kier alpha value is -0.810. The lowest BCUT2D eigenvalue weighted by atomic mass is 9.97. The Morgan fingerprint density at radius 1 is 1.46 bits per heavy atom. The van der Waals surface area contributed by atoms with Crippen LogP contribution < -0.4 is 0 Å². The highest BCUT2D eigenvalue weighted by molar-refractivity contribution is 9.10. The Labute approximate surface area is 85.3 Å². The van der Waals surface area contributed by atoms with Gasteiger partial charge in [-0.2, -0.15) is 0 Å². The summed E-state index contributed by atoms with van der Waals surface area (Å²) in [5.74, 6) is 2.48. The SMILES string of the molecule is C#CC1(c2cc(Br)ccc2F)CC1. The van der Waals surface area contributed by atoms with Gasteiger partial charge in [0.25, 0.3) is 0 Å². The lowest BCUT2D eigenvalue weighted by Gasteiger charge is -2.09. The normalized spacial score (nSPS) is 17.9. The van der Waals surface area contributed by atoms with E-state index in [1.165, 1.54) is 6.07 Å². The van der Waals surface area contributed by atoms with Crippen molar-refractivity contribution in [3.63, 3.8) is 0 Å². The molecule has 2 rings (SSSR count). The largest absolute Gasteiger partial charge is 0.207 e. The van der Waals surface area contributed by atoms with Gasteiger partial charge in [-0.1, -0.05) is 21.9 Å². The summed E-state index contributed by atoms with van der Waals surface area (Å²) in [5, 5.41) is 0. The fraction of sp³-hybridized carbons (Fsp3) is 0.273. The molecule has 0 bridgehead atoms. The highest BCUT2D eigenvalue weighted by atomic mass is 79.9. The fourth-order valence-corrected chi connectivity index (χ4v) is 1.84. The highest BCUT2D eigenvalue weighted by Crippen LogP contribution is 2.48. The van der Waals surface area contributed by atoms with E-state index in [9.17, 15) is 4.39 Å². The molecule has 0 unspecified atom stereocenters. The molecule has 1 aliphatic carbocycles. The molecule has 0 spiro atoms. The molecule has 0 saturated heterocycles. The zero-order valence-electron chi connectivity index (χ0n) is 6.98. The molecule has 0 N–H and O–H groups in total. The van der Waals surface area contributed by atoms with E-state index in [1.54, 1.807) is 12.1 Å². The molecule has 0 aromatic heterocycles. The third-order valence-corrected chi connectivity index (χ3v) is 2.96. The molecule has 66 valence electrons. The van der Waals surface area contributed by atoms with Crippen LogP contribution in [0.25, 0.3) is 0 Å². The standard InChI is InChI=1S/C11H8BrF/c1-2-11(5-6-11)9-7-8(12)3-4-10(9)13/h1,3-4,7H,5-6H2. The van der Waals surface area contributed by atoms with E-state index in [0.717, 1.165) is 17.3 Å². The molecule has 0 nitrogen and oxygen atoms in total. The van der Waals surface area contributed by atoms with Crippen molar-refractivity contribution in [2.75, 3.05) is 0 Å². The number of benzene rings is 1. The molecule has 0 aliphatic heterocycles. The fourth-order valence-electron chi connectivity index (χ4n) is 1.48. The lowest BCUT2D eigenvalue weighted by Crippen LogP contribution is -2.05. The Bertz CT molecular complexity index is 386. The molecule has 1 aromatic rings. The van der Waals surface area contributed by atoms with Gasteiger partial charge in [0.2, 0.25) is 0 Å². The molecular formula is C11H8BrF. The maximum absolute atomic E-state index is 13.4. The van der Waals surface area contributed by atoms with Gasteiger partial charge >= 0.3 is 0 Å². The molecule has 0 heterocycles. The van der Waals surface area contributed by atoms with Crippen molar-refractivity contribution in [3.8, 4) is 12.3 Å². The van der Waals surface area contributed by atoms with Gasteiger partial charge in [0.1, 0.15) is 5.82 Å². The van der Waals surface area contributed by atoms with Gasteiger partial charge in [-0.25, -0.2) is 4.39 Å². The van der Waals surface area contributed by atoms with Crippen LogP contribution in [0.4, 0.5) is 4.39 Å². The quantitative estimate of drug-likeness (QED) is 0.660. The molecule has 0 amide bonds. The van der Waals surface area contributed by atoms with Gasteiger partial charge in [-0.3, -0.25) is 0 Å². The van der Waals surface area contributed by atoms with E-state index in [4.69, 9.17) is 6.42 Å². The second-order valence-corrected chi connectivity index (χ2v) is 4.27. The second-order valence-electron chi connectivity index (χ2n) is 3.35. The summed E-state index contributed by atoms with van der Waals surface area (Å²) in [4.78, 5) is 0. The predicted octanol–water partition coefficient (Wildman–Crippen LogP) is 3.25. The van der Waals surface area contributed by atoms with E-state index in [2.05, 4.69) is 21.9 Å². The van der Waals surface area contributed by atoms with E-state index < -0.39 is 0 Å². The third kappa shape index (κ3) is 1.38. The number of rotatable bonds is 1. The van der Waals surface area contributed by atoms with Crippen LogP contribution in [0.1, 0.15) is 18.4 Å². The summed E-state index contributed by atoms with van der Waals surface area (Å²) < 4.78 is 14.3. The lowest BCUT2D eigenvalue weighted by molar-refractivity contribution is 0.600. The molecule has 1 aliphatic rings. The van der Waals surface area contributed by atoms with Crippen LogP contribution in [0.2, 0.25) is 0 Å².